The Labute approximate surface area is 181 Å². The van der Waals surface area contributed by atoms with Gasteiger partial charge in [-0.1, -0.05) is 6.92 Å². The fourth-order valence-corrected chi connectivity index (χ4v) is 4.55. The first-order chi connectivity index (χ1) is 14.9. The van der Waals surface area contributed by atoms with E-state index < -0.39 is 0 Å². The van der Waals surface area contributed by atoms with Gasteiger partial charge in [0.2, 0.25) is 0 Å². The number of hydrogen-bond acceptors (Lipinski definition) is 4. The first-order valence-corrected chi connectivity index (χ1v) is 10.8. The molecule has 7 heteroatoms. The van der Waals surface area contributed by atoms with Gasteiger partial charge in [0, 0.05) is 59.8 Å². The molecule has 1 amide bonds. The van der Waals surface area contributed by atoms with E-state index in [-0.39, 0.29) is 30.0 Å². The lowest BCUT2D eigenvalue weighted by Gasteiger charge is -2.31. The van der Waals surface area contributed by atoms with E-state index in [4.69, 9.17) is 4.74 Å². The smallest absolute Gasteiger partial charge is 0.253 e. The zero-order chi connectivity index (χ0) is 22.1. The number of hydrogen-bond donors (Lipinski definition) is 3. The maximum absolute atomic E-state index is 13.2. The van der Waals surface area contributed by atoms with Crippen LogP contribution in [0.2, 0.25) is 0 Å². The number of nitrogens with one attached hydrogen (secondary N) is 3. The summed E-state index contributed by atoms with van der Waals surface area (Å²) in [5.41, 5.74) is 5.69. The van der Waals surface area contributed by atoms with Crippen molar-refractivity contribution >= 4 is 11.4 Å². The largest absolute Gasteiger partial charge is 0.375 e. The summed E-state index contributed by atoms with van der Waals surface area (Å²) < 4.78 is 8.14. The SMILES string of the molecule is Cc1cc(C)c(CNC(=O)c2cc3cccn3c(C(C)C3CNCCO3)c2C)c(=O)[nH]1. The number of carbonyl (C=O) groups is 1. The number of ether oxygens (including phenoxy) is 1. The monoisotopic (exact) mass is 422 g/mol. The zero-order valence-corrected chi connectivity index (χ0v) is 18.5. The Kier molecular flexibility index (Phi) is 5.98. The molecule has 1 fully saturated rings. The number of aromatic amines is 1. The molecule has 31 heavy (non-hydrogen) atoms. The molecule has 0 radical (unpaired) electrons. The van der Waals surface area contributed by atoms with Gasteiger partial charge in [0.1, 0.15) is 0 Å². The van der Waals surface area contributed by atoms with E-state index in [0.717, 1.165) is 41.1 Å². The van der Waals surface area contributed by atoms with Crippen LogP contribution in [0.4, 0.5) is 0 Å². The highest BCUT2D eigenvalue weighted by Crippen LogP contribution is 2.29. The predicted octanol–water partition coefficient (Wildman–Crippen LogP) is 2.57. The average molecular weight is 423 g/mol. The van der Waals surface area contributed by atoms with Crippen molar-refractivity contribution in [2.24, 2.45) is 0 Å². The van der Waals surface area contributed by atoms with Crippen molar-refractivity contribution in [2.75, 3.05) is 19.7 Å². The van der Waals surface area contributed by atoms with Crippen LogP contribution >= 0.6 is 0 Å². The van der Waals surface area contributed by atoms with Gasteiger partial charge in [-0.2, -0.15) is 0 Å². The topological polar surface area (TPSA) is 87.6 Å². The molecule has 4 rings (SSSR count). The van der Waals surface area contributed by atoms with Crippen molar-refractivity contribution in [2.45, 2.75) is 46.3 Å². The van der Waals surface area contributed by atoms with Crippen molar-refractivity contribution < 1.29 is 9.53 Å². The molecule has 0 aromatic carbocycles. The molecular formula is C24H30N4O3. The Balaban J connectivity index is 1.65. The lowest BCUT2D eigenvalue weighted by atomic mass is 9.92. The van der Waals surface area contributed by atoms with Crippen molar-refractivity contribution in [1.29, 1.82) is 0 Å². The van der Waals surface area contributed by atoms with Gasteiger partial charge >= 0.3 is 0 Å². The molecule has 1 saturated heterocycles. The first kappa shape index (κ1) is 21.3. The zero-order valence-electron chi connectivity index (χ0n) is 18.5. The molecular weight excluding hydrogens is 392 g/mol. The Morgan fingerprint density at radius 3 is 2.84 bits per heavy atom. The average Bonchev–Trinajstić information content (AvgIpc) is 3.20. The Hall–Kier alpha value is -2.90. The van der Waals surface area contributed by atoms with Crippen LogP contribution in [0.3, 0.4) is 0 Å². The van der Waals surface area contributed by atoms with Gasteiger partial charge in [-0.05, 0) is 56.2 Å². The number of rotatable bonds is 5. The number of fused-ring (bicyclic) bond motifs is 1. The lowest BCUT2D eigenvalue weighted by molar-refractivity contribution is 0.0135. The Morgan fingerprint density at radius 2 is 2.13 bits per heavy atom. The van der Waals surface area contributed by atoms with E-state index >= 15 is 0 Å². The maximum Gasteiger partial charge on any atom is 0.253 e. The molecule has 2 unspecified atom stereocenters. The highest BCUT2D eigenvalue weighted by Gasteiger charge is 2.27. The van der Waals surface area contributed by atoms with Gasteiger partial charge in [-0.25, -0.2) is 0 Å². The second kappa shape index (κ2) is 8.69. The summed E-state index contributed by atoms with van der Waals surface area (Å²) in [6.07, 6.45) is 2.08. The van der Waals surface area contributed by atoms with E-state index in [1.54, 1.807) is 0 Å². The van der Waals surface area contributed by atoms with Crippen LogP contribution in [0.1, 0.15) is 51.3 Å². The maximum atomic E-state index is 13.2. The summed E-state index contributed by atoms with van der Waals surface area (Å²) in [6.45, 7) is 10.4. The van der Waals surface area contributed by atoms with Crippen LogP contribution in [-0.2, 0) is 11.3 Å². The number of morpholine rings is 1. The quantitative estimate of drug-likeness (QED) is 0.590. The van der Waals surface area contributed by atoms with E-state index in [9.17, 15) is 9.59 Å². The second-order valence-corrected chi connectivity index (χ2v) is 8.40. The number of aryl methyl sites for hydroxylation is 2. The predicted molar refractivity (Wildman–Crippen MR) is 121 cm³/mol. The van der Waals surface area contributed by atoms with E-state index in [2.05, 4.69) is 26.9 Å². The molecule has 0 bridgehead atoms. The standard InChI is InChI=1S/C24H30N4O3/c1-14-10-15(2)27-24(30)20(14)12-26-23(29)19-11-18-6-5-8-28(18)22(16(19)3)17(4)21-13-25-7-9-31-21/h5-6,8,10-11,17,21,25H,7,9,12-13H2,1-4H3,(H,26,29)(H,27,30). The molecule has 3 N–H and O–H groups in total. The molecule has 0 spiro atoms. The van der Waals surface area contributed by atoms with Crippen LogP contribution in [-0.4, -0.2) is 41.1 Å². The Morgan fingerprint density at radius 1 is 1.32 bits per heavy atom. The fraction of sp³-hybridized carbons (Fsp3) is 0.417. The van der Waals surface area contributed by atoms with E-state index in [0.29, 0.717) is 17.7 Å². The van der Waals surface area contributed by atoms with Crippen molar-refractivity contribution in [3.8, 4) is 0 Å². The highest BCUT2D eigenvalue weighted by molar-refractivity contribution is 5.97. The first-order valence-electron chi connectivity index (χ1n) is 10.8. The molecule has 1 aliphatic heterocycles. The summed E-state index contributed by atoms with van der Waals surface area (Å²) in [5.74, 6) is -0.0747. The normalized spacial score (nSPS) is 17.6. The summed E-state index contributed by atoms with van der Waals surface area (Å²) >= 11 is 0. The Bertz CT molecular complexity index is 1170. The van der Waals surface area contributed by atoms with Crippen LogP contribution in [0.5, 0.6) is 0 Å². The number of pyridine rings is 2. The van der Waals surface area contributed by atoms with Gasteiger partial charge in [0.05, 0.1) is 12.7 Å². The molecule has 3 aromatic heterocycles. The minimum atomic E-state index is -0.184. The summed E-state index contributed by atoms with van der Waals surface area (Å²) in [5, 5.41) is 6.34. The molecule has 4 heterocycles. The van der Waals surface area contributed by atoms with Crippen molar-refractivity contribution in [3.05, 3.63) is 74.5 Å². The highest BCUT2D eigenvalue weighted by atomic mass is 16.5. The van der Waals surface area contributed by atoms with E-state index in [1.165, 1.54) is 0 Å². The van der Waals surface area contributed by atoms with Crippen LogP contribution in [0.15, 0.2) is 35.3 Å². The fourth-order valence-electron chi connectivity index (χ4n) is 4.55. The van der Waals surface area contributed by atoms with Crippen LogP contribution in [0, 0.1) is 20.8 Å². The third kappa shape index (κ3) is 4.16. The van der Waals surface area contributed by atoms with Crippen molar-refractivity contribution in [1.82, 2.24) is 20.0 Å². The molecule has 0 aliphatic carbocycles. The van der Waals surface area contributed by atoms with Crippen LogP contribution < -0.4 is 16.2 Å². The number of aromatic nitrogens is 2. The molecule has 2 atom stereocenters. The van der Waals surface area contributed by atoms with Gasteiger partial charge in [-0.15, -0.1) is 0 Å². The molecule has 1 aliphatic rings. The minimum absolute atomic E-state index is 0.0464. The summed E-state index contributed by atoms with van der Waals surface area (Å²) in [7, 11) is 0. The van der Waals surface area contributed by atoms with Crippen LogP contribution in [0.25, 0.3) is 5.52 Å². The third-order valence-electron chi connectivity index (χ3n) is 6.23. The summed E-state index contributed by atoms with van der Waals surface area (Å²) in [4.78, 5) is 28.3. The summed E-state index contributed by atoms with van der Waals surface area (Å²) in [6, 6.07) is 7.81. The van der Waals surface area contributed by atoms with Crippen molar-refractivity contribution in [3.63, 3.8) is 0 Å². The number of carbonyl (C=O) groups excluding carboxylic acids is 1. The molecule has 0 saturated carbocycles. The third-order valence-corrected chi connectivity index (χ3v) is 6.23. The van der Waals surface area contributed by atoms with Gasteiger partial charge in [0.15, 0.2) is 0 Å². The van der Waals surface area contributed by atoms with Gasteiger partial charge in [-0.3, -0.25) is 9.59 Å². The lowest BCUT2D eigenvalue weighted by Crippen LogP contribution is -2.41. The molecule has 7 nitrogen and oxygen atoms in total. The van der Waals surface area contributed by atoms with Gasteiger partial charge < -0.3 is 24.8 Å². The minimum Gasteiger partial charge on any atom is -0.375 e. The number of nitrogens with zero attached hydrogens (tertiary/aromatic N) is 1. The number of amides is 1. The molecule has 164 valence electrons. The number of H-pyrrole nitrogens is 1. The van der Waals surface area contributed by atoms with E-state index in [1.807, 2.05) is 51.2 Å². The second-order valence-electron chi connectivity index (χ2n) is 8.40. The molecule has 3 aromatic rings. The van der Waals surface area contributed by atoms with Gasteiger partial charge in [0.25, 0.3) is 11.5 Å².